The fraction of sp³-hybridized carbons (Fsp3) is 0.469. The predicted octanol–water partition coefficient (Wildman–Crippen LogP) is 3.84. The van der Waals surface area contributed by atoms with Gasteiger partial charge in [-0.2, -0.15) is 15.2 Å². The number of ether oxygens (including phenoxy) is 2. The minimum Gasteiger partial charge on any atom is -0.462 e. The van der Waals surface area contributed by atoms with Crippen LogP contribution in [0.25, 0.3) is 10.8 Å². The lowest BCUT2D eigenvalue weighted by Gasteiger charge is -2.42. The van der Waals surface area contributed by atoms with Gasteiger partial charge in [0.25, 0.3) is 0 Å². The van der Waals surface area contributed by atoms with Crippen molar-refractivity contribution >= 4 is 22.3 Å². The van der Waals surface area contributed by atoms with Gasteiger partial charge in [-0.1, -0.05) is 42.5 Å². The van der Waals surface area contributed by atoms with Crippen LogP contribution in [0.15, 0.2) is 54.7 Å². The maximum Gasteiger partial charge on any atom is 0.318 e. The summed E-state index contributed by atoms with van der Waals surface area (Å²) in [6, 6.07) is 18.2. The van der Waals surface area contributed by atoms with Crippen molar-refractivity contribution in [3.05, 3.63) is 66.0 Å². The fourth-order valence-corrected chi connectivity index (χ4v) is 6.22. The highest BCUT2D eigenvalue weighted by molar-refractivity contribution is 5.94. The first kappa shape index (κ1) is 27.3. The Balaban J connectivity index is 1.32. The van der Waals surface area contributed by atoms with Gasteiger partial charge in [-0.05, 0) is 38.0 Å². The Kier molecular flexibility index (Phi) is 8.21. The van der Waals surface area contributed by atoms with Crippen molar-refractivity contribution in [1.82, 2.24) is 19.8 Å². The third-order valence-corrected chi connectivity index (χ3v) is 8.55. The molecule has 41 heavy (non-hydrogen) atoms. The second-order valence-corrected chi connectivity index (χ2v) is 11.1. The van der Waals surface area contributed by atoms with Gasteiger partial charge in [0, 0.05) is 49.4 Å². The van der Waals surface area contributed by atoms with Crippen LogP contribution >= 0.6 is 0 Å². The van der Waals surface area contributed by atoms with Crippen molar-refractivity contribution in [2.75, 3.05) is 69.4 Å². The molecule has 1 aromatic heterocycles. The molecule has 2 aromatic carbocycles. The molecule has 2 atom stereocenters. The van der Waals surface area contributed by atoms with E-state index in [0.717, 1.165) is 57.3 Å². The van der Waals surface area contributed by atoms with Crippen molar-refractivity contribution < 1.29 is 9.47 Å². The first-order chi connectivity index (χ1) is 20.1. The summed E-state index contributed by atoms with van der Waals surface area (Å²) in [4.78, 5) is 19.4. The number of anilines is 2. The molecular formula is C32H39N7O2. The maximum atomic E-state index is 9.54. The third kappa shape index (κ3) is 5.81. The highest BCUT2D eigenvalue weighted by Crippen LogP contribution is 2.35. The predicted molar refractivity (Wildman–Crippen MR) is 161 cm³/mol. The van der Waals surface area contributed by atoms with E-state index < -0.39 is 0 Å². The Labute approximate surface area is 242 Å². The first-order valence-corrected chi connectivity index (χ1v) is 14.7. The summed E-state index contributed by atoms with van der Waals surface area (Å²) in [5.41, 5.74) is 3.44. The van der Waals surface area contributed by atoms with Crippen molar-refractivity contribution in [3.8, 4) is 12.1 Å². The average molecular weight is 554 g/mol. The van der Waals surface area contributed by atoms with Gasteiger partial charge >= 0.3 is 6.01 Å². The first-order valence-electron chi connectivity index (χ1n) is 14.7. The Morgan fingerprint density at radius 2 is 1.93 bits per heavy atom. The Morgan fingerprint density at radius 3 is 2.78 bits per heavy atom. The van der Waals surface area contributed by atoms with Crippen molar-refractivity contribution in [3.63, 3.8) is 0 Å². The van der Waals surface area contributed by atoms with E-state index in [1.165, 1.54) is 22.0 Å². The van der Waals surface area contributed by atoms with Gasteiger partial charge < -0.3 is 24.2 Å². The summed E-state index contributed by atoms with van der Waals surface area (Å²) < 4.78 is 12.0. The van der Waals surface area contributed by atoms with Gasteiger partial charge in [-0.3, -0.25) is 4.90 Å². The minimum absolute atomic E-state index is 0.115. The molecule has 0 amide bonds. The average Bonchev–Trinajstić information content (AvgIpc) is 3.01. The smallest absolute Gasteiger partial charge is 0.318 e. The third-order valence-electron chi connectivity index (χ3n) is 8.55. The second kappa shape index (κ2) is 12.3. The monoisotopic (exact) mass is 553 g/mol. The molecule has 3 aromatic rings. The zero-order chi connectivity index (χ0) is 28.2. The molecule has 2 unspecified atom stereocenters. The molecule has 3 aliphatic rings. The molecule has 3 aliphatic heterocycles. The summed E-state index contributed by atoms with van der Waals surface area (Å²) in [6.45, 7) is 8.80. The molecule has 9 heteroatoms. The van der Waals surface area contributed by atoms with Crippen LogP contribution in [0.1, 0.15) is 24.6 Å². The summed E-state index contributed by atoms with van der Waals surface area (Å²) in [5, 5.41) is 12.0. The van der Waals surface area contributed by atoms with Crippen molar-refractivity contribution in [1.29, 1.82) is 5.26 Å². The van der Waals surface area contributed by atoms with E-state index >= 15 is 0 Å². The van der Waals surface area contributed by atoms with Gasteiger partial charge in [0.15, 0.2) is 0 Å². The van der Waals surface area contributed by atoms with E-state index in [1.54, 1.807) is 0 Å². The largest absolute Gasteiger partial charge is 0.462 e. The lowest BCUT2D eigenvalue weighted by Crippen LogP contribution is -2.51. The quantitative estimate of drug-likeness (QED) is 0.434. The summed E-state index contributed by atoms with van der Waals surface area (Å²) in [6.07, 6.45) is 5.48. The van der Waals surface area contributed by atoms with Gasteiger partial charge in [0.1, 0.15) is 12.4 Å². The van der Waals surface area contributed by atoms with Crippen LogP contribution in [0.2, 0.25) is 0 Å². The van der Waals surface area contributed by atoms with E-state index in [9.17, 15) is 5.26 Å². The number of rotatable bonds is 7. The molecule has 9 nitrogen and oxygen atoms in total. The van der Waals surface area contributed by atoms with E-state index in [0.29, 0.717) is 32.2 Å². The van der Waals surface area contributed by atoms with Crippen LogP contribution in [0.3, 0.4) is 0 Å². The molecule has 4 heterocycles. The fourth-order valence-electron chi connectivity index (χ4n) is 6.22. The van der Waals surface area contributed by atoms with Gasteiger partial charge in [-0.15, -0.1) is 0 Å². The van der Waals surface area contributed by atoms with Crippen LogP contribution in [-0.2, 0) is 17.7 Å². The van der Waals surface area contributed by atoms with Gasteiger partial charge in [0.05, 0.1) is 50.0 Å². The van der Waals surface area contributed by atoms with E-state index in [1.807, 2.05) is 13.0 Å². The number of nitriles is 1. The molecule has 0 saturated carbocycles. The molecule has 0 N–H and O–H groups in total. The SMILES string of the molecule is CC=CN1CCN(c2nc(OCC3COCCN3C)nc3c2CCN(c2cccc4ccccc24)C3)CC1CC#N. The molecule has 6 rings (SSSR count). The number of nitrogens with zero attached hydrogens (tertiary/aromatic N) is 7. The van der Waals surface area contributed by atoms with Crippen LogP contribution < -0.4 is 14.5 Å². The van der Waals surface area contributed by atoms with Crippen molar-refractivity contribution in [2.45, 2.75) is 38.4 Å². The number of fused-ring (bicyclic) bond motifs is 2. The van der Waals surface area contributed by atoms with Crippen LogP contribution in [-0.4, -0.2) is 91.4 Å². The van der Waals surface area contributed by atoms with Crippen LogP contribution in [0.4, 0.5) is 11.5 Å². The molecule has 0 radical (unpaired) electrons. The number of piperazine rings is 1. The lowest BCUT2D eigenvalue weighted by molar-refractivity contribution is -0.0120. The Morgan fingerprint density at radius 1 is 1.05 bits per heavy atom. The zero-order valence-electron chi connectivity index (χ0n) is 24.1. The minimum atomic E-state index is 0.115. The normalized spacial score (nSPS) is 21.7. The van der Waals surface area contributed by atoms with E-state index in [2.05, 4.69) is 81.4 Å². The number of allylic oxidation sites excluding steroid dienone is 1. The molecular weight excluding hydrogens is 514 g/mol. The molecule has 214 valence electrons. The van der Waals surface area contributed by atoms with E-state index in [4.69, 9.17) is 19.4 Å². The number of likely N-dealkylation sites (N-methyl/N-ethyl adjacent to an activating group) is 1. The molecule has 0 spiro atoms. The number of aromatic nitrogens is 2. The molecule has 2 fully saturated rings. The number of benzene rings is 2. The Hall–Kier alpha value is -3.87. The number of hydrogen-bond acceptors (Lipinski definition) is 9. The van der Waals surface area contributed by atoms with E-state index in [-0.39, 0.29) is 12.1 Å². The molecule has 0 bridgehead atoms. The van der Waals surface area contributed by atoms with Gasteiger partial charge in [0.2, 0.25) is 0 Å². The molecule has 0 aliphatic carbocycles. The highest BCUT2D eigenvalue weighted by Gasteiger charge is 2.31. The van der Waals surface area contributed by atoms with Crippen LogP contribution in [0, 0.1) is 11.3 Å². The second-order valence-electron chi connectivity index (χ2n) is 11.1. The lowest BCUT2D eigenvalue weighted by atomic mass is 10.0. The maximum absolute atomic E-state index is 9.54. The van der Waals surface area contributed by atoms with Crippen molar-refractivity contribution in [2.24, 2.45) is 0 Å². The van der Waals surface area contributed by atoms with Gasteiger partial charge in [-0.25, -0.2) is 0 Å². The topological polar surface area (TPSA) is 81.0 Å². The summed E-state index contributed by atoms with van der Waals surface area (Å²) >= 11 is 0. The zero-order valence-corrected chi connectivity index (χ0v) is 24.1. The number of morpholine rings is 1. The molecule has 2 saturated heterocycles. The Bertz CT molecular complexity index is 1430. The highest BCUT2D eigenvalue weighted by atomic mass is 16.5. The van der Waals surface area contributed by atoms with Crippen LogP contribution in [0.5, 0.6) is 6.01 Å². The summed E-state index contributed by atoms with van der Waals surface area (Å²) in [5.74, 6) is 0.957. The standard InChI is InChI=1S/C32H39N7O2/c1-3-14-37-16-17-39(20-25(37)11-13-33)31-28-12-15-38(30-10-6-8-24-7-4-5-9-27(24)30)21-29(28)34-32(35-31)41-23-26-22-40-19-18-36(26)2/h3-10,14,25-26H,11-12,15-23H2,1-2H3. The summed E-state index contributed by atoms with van der Waals surface area (Å²) in [7, 11) is 2.11. The number of hydrogen-bond donors (Lipinski definition) is 0.